The maximum Gasteiger partial charge on any atom is 1.00 e. The second-order valence-corrected chi connectivity index (χ2v) is 10.7. The van der Waals surface area contributed by atoms with Gasteiger partial charge in [-0.15, -0.1) is 0 Å². The van der Waals surface area contributed by atoms with Gasteiger partial charge in [0.25, 0.3) is 0 Å². The zero-order valence-electron chi connectivity index (χ0n) is 22.7. The Morgan fingerprint density at radius 1 is 0.472 bits per heavy atom. The Hall–Kier alpha value is -0.421. The van der Waals surface area contributed by atoms with E-state index in [1.165, 1.54) is 128 Å². The summed E-state index contributed by atoms with van der Waals surface area (Å²) in [4.78, 5) is 9.35. The van der Waals surface area contributed by atoms with E-state index in [0.717, 1.165) is 0 Å². The van der Waals surface area contributed by atoms with Gasteiger partial charge in [-0.05, 0) is 24.2 Å². The summed E-state index contributed by atoms with van der Waals surface area (Å²) in [6.07, 6.45) is 25.7. The molecule has 0 atom stereocenters. The summed E-state index contributed by atoms with van der Waals surface area (Å²) in [5.41, 5.74) is 0. The van der Waals surface area contributed by atoms with E-state index in [1.807, 2.05) is 0 Å². The normalized spacial score (nSPS) is 23.3. The average molecular weight is 602 g/mol. The van der Waals surface area contributed by atoms with Gasteiger partial charge in [-0.1, -0.05) is 128 Å². The molecule has 0 saturated heterocycles. The molecule has 4 fully saturated rings. The number of hydrogen-bond acceptors (Lipinski definition) is 4. The molecule has 6 nitrogen and oxygen atoms in total. The quantitative estimate of drug-likeness (QED) is 0.186. The van der Waals surface area contributed by atoms with Crippen molar-refractivity contribution >= 4 is 12.0 Å². The summed E-state index contributed by atoms with van der Waals surface area (Å²) in [7, 11) is 3.40. The molecule has 4 rings (SSSR count). The van der Waals surface area contributed by atoms with Gasteiger partial charge in [0.2, 0.25) is 0 Å². The Bertz CT molecular complexity index is 544. The van der Waals surface area contributed by atoms with E-state index in [-0.39, 0.29) is 34.1 Å². The molecule has 0 spiro atoms. The van der Waals surface area contributed by atoms with Gasteiger partial charge >= 0.3 is 34.1 Å². The Kier molecular flexibility index (Phi) is 19.2. The molecule has 0 bridgehead atoms. The van der Waals surface area contributed by atoms with Gasteiger partial charge in [0.15, 0.2) is 0 Å². The van der Waals surface area contributed by atoms with E-state index in [4.69, 9.17) is 9.47 Å². The minimum absolute atomic E-state index is 0. The summed E-state index contributed by atoms with van der Waals surface area (Å²) in [5, 5.41) is 9.35. The van der Waals surface area contributed by atoms with Crippen LogP contribution in [0.5, 0.6) is 0 Å². The smallest absolute Gasteiger partial charge is 0.505 e. The number of ether oxygens (including phenoxy) is 2. The van der Waals surface area contributed by atoms with Crippen LogP contribution in [-0.4, -0.2) is 50.4 Å². The van der Waals surface area contributed by atoms with Crippen molar-refractivity contribution in [2.24, 2.45) is 9.98 Å². The maximum absolute atomic E-state index is 5.34. The van der Waals surface area contributed by atoms with Crippen LogP contribution >= 0.6 is 0 Å². The van der Waals surface area contributed by atoms with Crippen LogP contribution in [0.25, 0.3) is 10.6 Å². The number of hydrogen-bond donors (Lipinski definition) is 0. The summed E-state index contributed by atoms with van der Waals surface area (Å²) in [5.74, 6) is 0. The molecule has 216 valence electrons. The fraction of sp³-hybridized carbons (Fsp3) is 0.929. The topological polar surface area (TPSA) is 71.4 Å². The third-order valence-electron chi connectivity index (χ3n) is 7.84. The van der Waals surface area contributed by atoms with Gasteiger partial charge in [0.1, 0.15) is 0 Å². The van der Waals surface area contributed by atoms with Crippen molar-refractivity contribution in [1.29, 1.82) is 0 Å². The molecule has 0 unspecified atom stereocenters. The van der Waals surface area contributed by atoms with Crippen molar-refractivity contribution in [2.45, 2.75) is 153 Å². The molecule has 0 amide bonds. The molecule has 0 aliphatic heterocycles. The van der Waals surface area contributed by atoms with Crippen molar-refractivity contribution in [3.05, 3.63) is 10.6 Å². The fourth-order valence-electron chi connectivity index (χ4n) is 5.74. The molecule has 0 aromatic heterocycles. The number of rotatable bonds is 4. The zero-order valence-corrected chi connectivity index (χ0v) is 24.5. The predicted molar refractivity (Wildman–Crippen MR) is 143 cm³/mol. The zero-order chi connectivity index (χ0) is 23.8. The van der Waals surface area contributed by atoms with Gasteiger partial charge in [0.05, 0.1) is 26.3 Å². The van der Waals surface area contributed by atoms with E-state index in [0.29, 0.717) is 36.2 Å². The SMILES string of the molecule is COC(=NC1CCCCC1)[N-]C1CCCCC1.COC(=NC1CCCCC1)[N-]C1CCCCC1.[Cu+].[Cu+]. The van der Waals surface area contributed by atoms with Crippen molar-refractivity contribution < 1.29 is 43.6 Å². The molecule has 4 aliphatic rings. The Balaban J connectivity index is 0.000000341. The maximum atomic E-state index is 5.34. The van der Waals surface area contributed by atoms with Gasteiger partial charge in [-0.3, -0.25) is 0 Å². The molecular formula is C28H50Cu2N4O2. The summed E-state index contributed by atoms with van der Waals surface area (Å²) < 4.78 is 10.7. The van der Waals surface area contributed by atoms with E-state index in [1.54, 1.807) is 14.2 Å². The molecule has 4 aliphatic carbocycles. The minimum atomic E-state index is 0. The van der Waals surface area contributed by atoms with Crippen LogP contribution in [0.15, 0.2) is 9.98 Å². The first-order valence-electron chi connectivity index (χ1n) is 14.4. The van der Waals surface area contributed by atoms with Crippen molar-refractivity contribution in [1.82, 2.24) is 0 Å². The van der Waals surface area contributed by atoms with Crippen molar-refractivity contribution in [3.8, 4) is 0 Å². The first-order valence-corrected chi connectivity index (χ1v) is 14.4. The molecule has 0 N–H and O–H groups in total. The minimum Gasteiger partial charge on any atom is -0.505 e. The molecule has 0 radical (unpaired) electrons. The van der Waals surface area contributed by atoms with E-state index in [2.05, 4.69) is 20.6 Å². The number of methoxy groups -OCH3 is 2. The molecule has 36 heavy (non-hydrogen) atoms. The molecule has 8 heteroatoms. The monoisotopic (exact) mass is 600 g/mol. The first kappa shape index (κ1) is 33.6. The molecule has 0 aromatic carbocycles. The van der Waals surface area contributed by atoms with Crippen LogP contribution in [0.4, 0.5) is 0 Å². The van der Waals surface area contributed by atoms with Crippen LogP contribution in [0.1, 0.15) is 128 Å². The number of amidine groups is 2. The van der Waals surface area contributed by atoms with Gasteiger partial charge in [0, 0.05) is 0 Å². The van der Waals surface area contributed by atoms with Crippen LogP contribution in [-0.2, 0) is 43.6 Å². The summed E-state index contributed by atoms with van der Waals surface area (Å²) >= 11 is 0. The second-order valence-electron chi connectivity index (χ2n) is 10.7. The van der Waals surface area contributed by atoms with Gasteiger partial charge < -0.3 is 30.1 Å². The largest absolute Gasteiger partial charge is 1.00 e. The summed E-state index contributed by atoms with van der Waals surface area (Å²) in [6, 6.07) is 3.17. The number of aliphatic imine (C=N–C) groups is 2. The van der Waals surface area contributed by atoms with Crippen LogP contribution in [0.3, 0.4) is 0 Å². The van der Waals surface area contributed by atoms with E-state index < -0.39 is 0 Å². The third-order valence-corrected chi connectivity index (χ3v) is 7.84. The average Bonchev–Trinajstić information content (AvgIpc) is 2.91. The first-order chi connectivity index (χ1) is 16.8. The Labute approximate surface area is 242 Å². The van der Waals surface area contributed by atoms with Crippen molar-refractivity contribution in [2.75, 3.05) is 14.2 Å². The van der Waals surface area contributed by atoms with Crippen LogP contribution in [0.2, 0.25) is 0 Å². The van der Waals surface area contributed by atoms with Crippen LogP contribution in [0, 0.1) is 0 Å². The standard InChI is InChI=1S/2C14H25N2O.2Cu/c2*1-17-14(15-12-8-4-2-5-9-12)16-13-10-6-3-7-11-13;;/h2*12-13H,2-11H2,1H3;;/q2*-1;2*+1. The molecule has 0 heterocycles. The van der Waals surface area contributed by atoms with E-state index >= 15 is 0 Å². The molecule has 4 saturated carbocycles. The Morgan fingerprint density at radius 3 is 1.03 bits per heavy atom. The predicted octanol–water partition coefficient (Wildman–Crippen LogP) is 8.05. The van der Waals surface area contributed by atoms with Gasteiger partial charge in [-0.2, -0.15) is 0 Å². The fourth-order valence-corrected chi connectivity index (χ4v) is 5.74. The molecule has 0 aromatic rings. The number of nitrogens with zero attached hydrogens (tertiary/aromatic N) is 4. The third kappa shape index (κ3) is 13.4. The second kappa shape index (κ2) is 20.5. The Morgan fingerprint density at radius 2 is 0.750 bits per heavy atom. The van der Waals surface area contributed by atoms with E-state index in [9.17, 15) is 0 Å². The van der Waals surface area contributed by atoms with Gasteiger partial charge in [-0.25, -0.2) is 0 Å². The molecular weight excluding hydrogens is 551 g/mol. The summed E-state index contributed by atoms with van der Waals surface area (Å²) in [6.45, 7) is 0. The van der Waals surface area contributed by atoms with Crippen LogP contribution < -0.4 is 0 Å². The van der Waals surface area contributed by atoms with Crippen molar-refractivity contribution in [3.63, 3.8) is 0 Å².